The highest BCUT2D eigenvalue weighted by atomic mass is 16.5. The minimum absolute atomic E-state index is 0.0471. The Labute approximate surface area is 124 Å². The second kappa shape index (κ2) is 7.50. The average Bonchev–Trinajstić information content (AvgIpc) is 2.91. The molecule has 0 radical (unpaired) electrons. The van der Waals surface area contributed by atoms with Crippen LogP contribution in [0.2, 0.25) is 0 Å². The van der Waals surface area contributed by atoms with E-state index >= 15 is 0 Å². The Hall–Kier alpha value is -2.27. The van der Waals surface area contributed by atoms with Crippen LogP contribution in [-0.4, -0.2) is 19.6 Å². The van der Waals surface area contributed by atoms with E-state index in [1.54, 1.807) is 7.11 Å². The molecule has 0 aliphatic rings. The van der Waals surface area contributed by atoms with Crippen molar-refractivity contribution in [3.8, 4) is 5.75 Å². The van der Waals surface area contributed by atoms with Crippen molar-refractivity contribution in [3.63, 3.8) is 0 Å². The maximum Gasteiger partial charge on any atom is 0.234 e. The number of nitrogens with one attached hydrogen (secondary N) is 2. The molecule has 5 nitrogen and oxygen atoms in total. The number of amides is 1. The smallest absolute Gasteiger partial charge is 0.234 e. The zero-order valence-electron chi connectivity index (χ0n) is 12.3. The molecular formula is C16H20N2O3. The molecule has 0 fully saturated rings. The summed E-state index contributed by atoms with van der Waals surface area (Å²) in [7, 11) is 1.63. The van der Waals surface area contributed by atoms with Crippen molar-refractivity contribution >= 4 is 5.91 Å². The molecule has 1 amide bonds. The third kappa shape index (κ3) is 4.96. The number of carbonyl (C=O) groups is 1. The van der Waals surface area contributed by atoms with Gasteiger partial charge in [0.25, 0.3) is 0 Å². The molecule has 0 spiro atoms. The van der Waals surface area contributed by atoms with E-state index in [0.717, 1.165) is 22.8 Å². The molecule has 1 aromatic carbocycles. The van der Waals surface area contributed by atoms with Crippen LogP contribution < -0.4 is 15.4 Å². The molecule has 0 bridgehead atoms. The van der Waals surface area contributed by atoms with Crippen LogP contribution >= 0.6 is 0 Å². The standard InChI is InChI=1S/C16H20N2O3/c1-12-3-6-15(21-12)10-17-11-16(19)18-9-13-4-7-14(20-2)8-5-13/h3-8,17H,9-11H2,1-2H3,(H,18,19). The number of hydrogen-bond acceptors (Lipinski definition) is 4. The van der Waals surface area contributed by atoms with Crippen LogP contribution in [0.25, 0.3) is 0 Å². The van der Waals surface area contributed by atoms with Gasteiger partial charge in [-0.05, 0) is 36.8 Å². The molecule has 0 saturated carbocycles. The first-order chi connectivity index (χ1) is 10.2. The van der Waals surface area contributed by atoms with Crippen LogP contribution in [0.1, 0.15) is 17.1 Å². The number of carbonyl (C=O) groups excluding carboxylic acids is 1. The van der Waals surface area contributed by atoms with Crippen LogP contribution in [0.15, 0.2) is 40.8 Å². The van der Waals surface area contributed by atoms with Crippen molar-refractivity contribution < 1.29 is 13.9 Å². The monoisotopic (exact) mass is 288 g/mol. The summed E-state index contributed by atoms with van der Waals surface area (Å²) >= 11 is 0. The predicted octanol–water partition coefficient (Wildman–Crippen LogP) is 2.00. The van der Waals surface area contributed by atoms with E-state index in [9.17, 15) is 4.79 Å². The van der Waals surface area contributed by atoms with Crippen LogP contribution in [0, 0.1) is 6.92 Å². The zero-order valence-corrected chi connectivity index (χ0v) is 12.3. The second-order valence-electron chi connectivity index (χ2n) is 4.74. The topological polar surface area (TPSA) is 63.5 Å². The fourth-order valence-corrected chi connectivity index (χ4v) is 1.89. The number of hydrogen-bond donors (Lipinski definition) is 2. The van der Waals surface area contributed by atoms with Gasteiger partial charge in [-0.2, -0.15) is 0 Å². The second-order valence-corrected chi connectivity index (χ2v) is 4.74. The maximum atomic E-state index is 11.7. The lowest BCUT2D eigenvalue weighted by atomic mass is 10.2. The number of ether oxygens (including phenoxy) is 1. The highest BCUT2D eigenvalue weighted by molar-refractivity contribution is 5.77. The SMILES string of the molecule is COc1ccc(CNC(=O)CNCc2ccc(C)o2)cc1. The molecule has 2 aromatic rings. The highest BCUT2D eigenvalue weighted by Gasteiger charge is 2.03. The largest absolute Gasteiger partial charge is 0.497 e. The molecule has 0 saturated heterocycles. The van der Waals surface area contributed by atoms with E-state index < -0.39 is 0 Å². The molecule has 0 unspecified atom stereocenters. The summed E-state index contributed by atoms with van der Waals surface area (Å²) in [6, 6.07) is 11.4. The number of rotatable bonds is 7. The first kappa shape index (κ1) is 15.1. The summed E-state index contributed by atoms with van der Waals surface area (Å²) in [6.07, 6.45) is 0. The van der Waals surface area contributed by atoms with E-state index in [0.29, 0.717) is 13.1 Å². The number of aryl methyl sites for hydroxylation is 1. The van der Waals surface area contributed by atoms with E-state index in [4.69, 9.17) is 9.15 Å². The molecule has 0 aliphatic carbocycles. The number of methoxy groups -OCH3 is 1. The van der Waals surface area contributed by atoms with Crippen molar-refractivity contribution in [2.24, 2.45) is 0 Å². The average molecular weight is 288 g/mol. The van der Waals surface area contributed by atoms with Gasteiger partial charge < -0.3 is 19.8 Å². The van der Waals surface area contributed by atoms with Crippen molar-refractivity contribution in [2.45, 2.75) is 20.0 Å². The van der Waals surface area contributed by atoms with Crippen LogP contribution in [0.5, 0.6) is 5.75 Å². The Morgan fingerprint density at radius 2 is 1.90 bits per heavy atom. The van der Waals surface area contributed by atoms with Crippen molar-refractivity contribution in [1.82, 2.24) is 10.6 Å². The fourth-order valence-electron chi connectivity index (χ4n) is 1.89. The van der Waals surface area contributed by atoms with E-state index in [-0.39, 0.29) is 12.5 Å². The van der Waals surface area contributed by atoms with Crippen LogP contribution in [0.3, 0.4) is 0 Å². The summed E-state index contributed by atoms with van der Waals surface area (Å²) < 4.78 is 10.5. The molecule has 1 heterocycles. The molecule has 1 aromatic heterocycles. The van der Waals surface area contributed by atoms with Gasteiger partial charge in [-0.15, -0.1) is 0 Å². The lowest BCUT2D eigenvalue weighted by Crippen LogP contribution is -2.33. The molecule has 0 atom stereocenters. The first-order valence-corrected chi connectivity index (χ1v) is 6.83. The minimum Gasteiger partial charge on any atom is -0.497 e. The Morgan fingerprint density at radius 1 is 1.14 bits per heavy atom. The van der Waals surface area contributed by atoms with Gasteiger partial charge >= 0.3 is 0 Å². The summed E-state index contributed by atoms with van der Waals surface area (Å²) in [6.45, 7) is 3.20. The summed E-state index contributed by atoms with van der Waals surface area (Å²) in [4.78, 5) is 11.7. The Bertz CT molecular complexity index is 575. The molecule has 112 valence electrons. The third-order valence-corrected chi connectivity index (χ3v) is 3.03. The van der Waals surface area contributed by atoms with Crippen LogP contribution in [-0.2, 0) is 17.9 Å². The van der Waals surface area contributed by atoms with Gasteiger partial charge in [0, 0.05) is 6.54 Å². The Kier molecular flexibility index (Phi) is 5.40. The van der Waals surface area contributed by atoms with Gasteiger partial charge in [-0.25, -0.2) is 0 Å². The van der Waals surface area contributed by atoms with E-state index in [1.807, 2.05) is 43.3 Å². The van der Waals surface area contributed by atoms with E-state index in [1.165, 1.54) is 0 Å². The zero-order chi connectivity index (χ0) is 15.1. The van der Waals surface area contributed by atoms with Gasteiger partial charge in [-0.3, -0.25) is 4.79 Å². The minimum atomic E-state index is -0.0471. The van der Waals surface area contributed by atoms with Crippen molar-refractivity contribution in [1.29, 1.82) is 0 Å². The fraction of sp³-hybridized carbons (Fsp3) is 0.312. The van der Waals surface area contributed by atoms with Crippen molar-refractivity contribution in [2.75, 3.05) is 13.7 Å². The van der Waals surface area contributed by atoms with Gasteiger partial charge in [0.1, 0.15) is 17.3 Å². The van der Waals surface area contributed by atoms with Gasteiger partial charge in [0.15, 0.2) is 0 Å². The first-order valence-electron chi connectivity index (χ1n) is 6.83. The number of benzene rings is 1. The molecule has 2 rings (SSSR count). The number of furan rings is 1. The van der Waals surface area contributed by atoms with E-state index in [2.05, 4.69) is 10.6 Å². The quantitative estimate of drug-likeness (QED) is 0.818. The van der Waals surface area contributed by atoms with Gasteiger partial charge in [0.2, 0.25) is 5.91 Å². The normalized spacial score (nSPS) is 10.4. The molecule has 21 heavy (non-hydrogen) atoms. The lowest BCUT2D eigenvalue weighted by molar-refractivity contribution is -0.120. The molecule has 0 aliphatic heterocycles. The van der Waals surface area contributed by atoms with Crippen LogP contribution in [0.4, 0.5) is 0 Å². The van der Waals surface area contributed by atoms with Gasteiger partial charge in [0.05, 0.1) is 20.2 Å². The molecule has 5 heteroatoms. The lowest BCUT2D eigenvalue weighted by Gasteiger charge is -2.07. The Morgan fingerprint density at radius 3 is 2.52 bits per heavy atom. The summed E-state index contributed by atoms with van der Waals surface area (Å²) in [5.74, 6) is 2.46. The van der Waals surface area contributed by atoms with Crippen molar-refractivity contribution in [3.05, 3.63) is 53.5 Å². The summed E-state index contributed by atoms with van der Waals surface area (Å²) in [5.41, 5.74) is 1.03. The predicted molar refractivity (Wildman–Crippen MR) is 80.0 cm³/mol. The third-order valence-electron chi connectivity index (χ3n) is 3.03. The molecular weight excluding hydrogens is 268 g/mol. The van der Waals surface area contributed by atoms with Gasteiger partial charge in [-0.1, -0.05) is 12.1 Å². The maximum absolute atomic E-state index is 11.7. The Balaban J connectivity index is 1.67. The molecule has 2 N–H and O–H groups in total. The summed E-state index contributed by atoms with van der Waals surface area (Å²) in [5, 5.41) is 5.90. The highest BCUT2D eigenvalue weighted by Crippen LogP contribution is 2.10.